The molecule has 0 bridgehead atoms. The van der Waals surface area contributed by atoms with Gasteiger partial charge in [-0.2, -0.15) is 0 Å². The van der Waals surface area contributed by atoms with Crippen molar-refractivity contribution in [2.45, 2.75) is 12.5 Å². The van der Waals surface area contributed by atoms with E-state index in [0.717, 1.165) is 17.5 Å². The van der Waals surface area contributed by atoms with Gasteiger partial charge < -0.3 is 10.5 Å². The molecule has 15 heavy (non-hydrogen) atoms. The molecule has 1 saturated heterocycles. The van der Waals surface area contributed by atoms with Crippen molar-refractivity contribution in [3.8, 4) is 0 Å². The Hall–Kier alpha value is -0.450. The second kappa shape index (κ2) is 4.60. The van der Waals surface area contributed by atoms with Gasteiger partial charge in [0.25, 0.3) is 0 Å². The van der Waals surface area contributed by atoms with Crippen LogP contribution in [0.5, 0.6) is 0 Å². The third-order valence-corrected chi connectivity index (χ3v) is 3.29. The van der Waals surface area contributed by atoms with Gasteiger partial charge in [-0.25, -0.2) is 4.39 Å². The van der Waals surface area contributed by atoms with Crippen molar-refractivity contribution in [3.05, 3.63) is 34.1 Å². The zero-order valence-corrected chi connectivity index (χ0v) is 9.84. The smallest absolute Gasteiger partial charge is 0.129 e. The van der Waals surface area contributed by atoms with Gasteiger partial charge in [0.1, 0.15) is 5.82 Å². The van der Waals surface area contributed by atoms with Crippen LogP contribution in [-0.2, 0) is 4.74 Å². The topological polar surface area (TPSA) is 35.2 Å². The standard InChI is InChI=1S/C11H13BrFNO/c12-8-1-2-9(10(13)5-8)11(14)7-3-4-15-6-7/h1-2,5,7,11H,3-4,6,14H2. The Morgan fingerprint density at radius 2 is 2.33 bits per heavy atom. The van der Waals surface area contributed by atoms with E-state index in [-0.39, 0.29) is 17.8 Å². The summed E-state index contributed by atoms with van der Waals surface area (Å²) < 4.78 is 19.6. The van der Waals surface area contributed by atoms with Gasteiger partial charge in [-0.15, -0.1) is 0 Å². The van der Waals surface area contributed by atoms with Crippen LogP contribution in [0, 0.1) is 11.7 Å². The first-order valence-corrected chi connectivity index (χ1v) is 5.76. The molecule has 1 heterocycles. The molecular formula is C11H13BrFNO. The van der Waals surface area contributed by atoms with E-state index in [4.69, 9.17) is 10.5 Å². The van der Waals surface area contributed by atoms with Gasteiger partial charge in [0.15, 0.2) is 0 Å². The zero-order valence-electron chi connectivity index (χ0n) is 8.25. The van der Waals surface area contributed by atoms with Gasteiger partial charge in [0.05, 0.1) is 6.61 Å². The molecule has 2 rings (SSSR count). The first-order valence-electron chi connectivity index (χ1n) is 4.97. The molecule has 1 aromatic carbocycles. The van der Waals surface area contributed by atoms with Gasteiger partial charge in [-0.05, 0) is 18.6 Å². The molecule has 0 radical (unpaired) electrons. The fourth-order valence-electron chi connectivity index (χ4n) is 1.86. The van der Waals surface area contributed by atoms with E-state index in [1.165, 1.54) is 6.07 Å². The Morgan fingerprint density at radius 3 is 2.93 bits per heavy atom. The van der Waals surface area contributed by atoms with Crippen LogP contribution in [0.15, 0.2) is 22.7 Å². The maximum absolute atomic E-state index is 13.6. The lowest BCUT2D eigenvalue weighted by atomic mass is 9.93. The first kappa shape index (κ1) is 11.0. The van der Waals surface area contributed by atoms with E-state index in [9.17, 15) is 4.39 Å². The summed E-state index contributed by atoms with van der Waals surface area (Å²) in [4.78, 5) is 0. The molecule has 0 saturated carbocycles. The average Bonchev–Trinajstić information content (AvgIpc) is 2.69. The average molecular weight is 274 g/mol. The SMILES string of the molecule is NC(c1ccc(Br)cc1F)C1CCOC1. The maximum atomic E-state index is 13.6. The molecule has 2 nitrogen and oxygen atoms in total. The summed E-state index contributed by atoms with van der Waals surface area (Å²) >= 11 is 3.22. The van der Waals surface area contributed by atoms with E-state index in [0.29, 0.717) is 12.2 Å². The Morgan fingerprint density at radius 1 is 1.53 bits per heavy atom. The quantitative estimate of drug-likeness (QED) is 0.899. The van der Waals surface area contributed by atoms with Crippen molar-refractivity contribution in [2.24, 2.45) is 11.7 Å². The summed E-state index contributed by atoms with van der Waals surface area (Å²) in [5.74, 6) is -0.00977. The molecule has 0 aromatic heterocycles. The molecule has 82 valence electrons. The van der Waals surface area contributed by atoms with E-state index < -0.39 is 0 Å². The lowest BCUT2D eigenvalue weighted by molar-refractivity contribution is 0.180. The maximum Gasteiger partial charge on any atom is 0.129 e. The van der Waals surface area contributed by atoms with Crippen LogP contribution < -0.4 is 5.73 Å². The zero-order chi connectivity index (χ0) is 10.8. The molecule has 0 spiro atoms. The third kappa shape index (κ3) is 2.38. The highest BCUT2D eigenvalue weighted by atomic mass is 79.9. The number of ether oxygens (including phenoxy) is 1. The molecule has 4 heteroatoms. The highest BCUT2D eigenvalue weighted by Gasteiger charge is 2.25. The van der Waals surface area contributed by atoms with Gasteiger partial charge in [-0.1, -0.05) is 22.0 Å². The minimum atomic E-state index is -0.263. The van der Waals surface area contributed by atoms with Crippen LogP contribution in [0.2, 0.25) is 0 Å². The van der Waals surface area contributed by atoms with Crippen molar-refractivity contribution >= 4 is 15.9 Å². The van der Waals surface area contributed by atoms with Crippen LogP contribution in [-0.4, -0.2) is 13.2 Å². The van der Waals surface area contributed by atoms with Gasteiger partial charge >= 0.3 is 0 Å². The highest BCUT2D eigenvalue weighted by molar-refractivity contribution is 9.10. The normalized spacial score (nSPS) is 23.0. The molecule has 1 aliphatic rings. The van der Waals surface area contributed by atoms with Crippen LogP contribution >= 0.6 is 15.9 Å². The third-order valence-electron chi connectivity index (χ3n) is 2.79. The second-order valence-corrected chi connectivity index (χ2v) is 4.73. The molecule has 2 unspecified atom stereocenters. The van der Waals surface area contributed by atoms with E-state index >= 15 is 0 Å². The molecule has 0 aliphatic carbocycles. The predicted octanol–water partition coefficient (Wildman–Crippen LogP) is 2.62. The summed E-state index contributed by atoms with van der Waals surface area (Å²) in [6.07, 6.45) is 0.913. The van der Waals surface area contributed by atoms with E-state index in [2.05, 4.69) is 15.9 Å². The van der Waals surface area contributed by atoms with Gasteiger partial charge in [0.2, 0.25) is 0 Å². The first-order chi connectivity index (χ1) is 7.18. The summed E-state index contributed by atoms with van der Waals surface area (Å²) in [7, 11) is 0. The number of rotatable bonds is 2. The number of halogens is 2. The van der Waals surface area contributed by atoms with Crippen LogP contribution in [0.1, 0.15) is 18.0 Å². The monoisotopic (exact) mass is 273 g/mol. The molecule has 1 aliphatic heterocycles. The molecule has 0 amide bonds. The predicted molar refractivity (Wildman–Crippen MR) is 60.0 cm³/mol. The molecule has 2 N–H and O–H groups in total. The number of hydrogen-bond acceptors (Lipinski definition) is 2. The lowest BCUT2D eigenvalue weighted by Crippen LogP contribution is -2.22. The minimum absolute atomic E-state index is 0.237. The van der Waals surface area contributed by atoms with Crippen molar-refractivity contribution in [3.63, 3.8) is 0 Å². The summed E-state index contributed by atoms with van der Waals surface area (Å²) in [5.41, 5.74) is 6.59. The van der Waals surface area contributed by atoms with Crippen LogP contribution in [0.4, 0.5) is 4.39 Å². The van der Waals surface area contributed by atoms with Crippen LogP contribution in [0.25, 0.3) is 0 Å². The second-order valence-electron chi connectivity index (χ2n) is 3.82. The van der Waals surface area contributed by atoms with Crippen molar-refractivity contribution in [2.75, 3.05) is 13.2 Å². The van der Waals surface area contributed by atoms with E-state index in [1.807, 2.05) is 6.07 Å². The number of hydrogen-bond donors (Lipinski definition) is 1. The Kier molecular flexibility index (Phi) is 3.38. The molecule has 1 fully saturated rings. The molecule has 2 atom stereocenters. The largest absolute Gasteiger partial charge is 0.381 e. The van der Waals surface area contributed by atoms with Crippen molar-refractivity contribution in [1.82, 2.24) is 0 Å². The number of benzene rings is 1. The fraction of sp³-hybridized carbons (Fsp3) is 0.455. The molecular weight excluding hydrogens is 261 g/mol. The van der Waals surface area contributed by atoms with Gasteiger partial charge in [0, 0.05) is 28.6 Å². The summed E-state index contributed by atoms with van der Waals surface area (Å²) in [6.45, 7) is 1.37. The Bertz CT molecular complexity index is 352. The molecule has 1 aromatic rings. The van der Waals surface area contributed by atoms with Crippen LogP contribution in [0.3, 0.4) is 0 Å². The fourth-order valence-corrected chi connectivity index (χ4v) is 2.19. The minimum Gasteiger partial charge on any atom is -0.381 e. The number of nitrogens with two attached hydrogens (primary N) is 1. The Labute approximate surface area is 96.7 Å². The van der Waals surface area contributed by atoms with Crippen molar-refractivity contribution < 1.29 is 9.13 Å². The van der Waals surface area contributed by atoms with Gasteiger partial charge in [-0.3, -0.25) is 0 Å². The Balaban J connectivity index is 2.20. The van der Waals surface area contributed by atoms with Crippen molar-refractivity contribution in [1.29, 1.82) is 0 Å². The summed E-state index contributed by atoms with van der Waals surface area (Å²) in [6, 6.07) is 4.74. The van der Waals surface area contributed by atoms with E-state index in [1.54, 1.807) is 6.07 Å². The highest BCUT2D eigenvalue weighted by Crippen LogP contribution is 2.29. The summed E-state index contributed by atoms with van der Waals surface area (Å²) in [5, 5.41) is 0. The lowest BCUT2D eigenvalue weighted by Gasteiger charge is -2.18.